The third-order valence-corrected chi connectivity index (χ3v) is 6.89. The number of pyridine rings is 2. The lowest BCUT2D eigenvalue weighted by Crippen LogP contribution is -2.51. The molecule has 190 valence electrons. The molecule has 0 radical (unpaired) electrons. The first kappa shape index (κ1) is 24.6. The number of aliphatic hydroxyl groups excluding tert-OH is 1. The maximum absolute atomic E-state index is 15.1. The Hall–Kier alpha value is -3.05. The molecule has 1 fully saturated rings. The molecule has 3 N–H and O–H groups in total. The second-order valence-electron chi connectivity index (χ2n) is 8.95. The van der Waals surface area contributed by atoms with Gasteiger partial charge >= 0.3 is 0 Å². The van der Waals surface area contributed by atoms with Crippen molar-refractivity contribution < 1.29 is 23.8 Å². The number of piperidine rings is 1. The van der Waals surface area contributed by atoms with E-state index in [9.17, 15) is 9.90 Å². The van der Waals surface area contributed by atoms with Gasteiger partial charge in [0.25, 0.3) is 5.91 Å². The van der Waals surface area contributed by atoms with Crippen molar-refractivity contribution in [1.82, 2.24) is 20.2 Å². The number of ether oxygens (including phenoxy) is 2. The van der Waals surface area contributed by atoms with Crippen molar-refractivity contribution in [3.8, 4) is 11.5 Å². The SMILES string of the molecule is COc1ccc2nccc([C@@H](O)CN3CC[C@@H](NCc4nc5c(cc4Cl)OCC(=O)N5)[C@@H](F)C3)c2c1. The highest BCUT2D eigenvalue weighted by molar-refractivity contribution is 6.31. The number of aliphatic hydroxyl groups is 1. The molecule has 9 nitrogen and oxygen atoms in total. The number of hydrogen-bond acceptors (Lipinski definition) is 8. The summed E-state index contributed by atoms with van der Waals surface area (Å²) in [4.78, 5) is 22.2. The van der Waals surface area contributed by atoms with E-state index in [0.29, 0.717) is 47.5 Å². The zero-order valence-electron chi connectivity index (χ0n) is 19.7. The van der Waals surface area contributed by atoms with Crippen LogP contribution in [0, 0.1) is 0 Å². The number of nitrogens with zero attached hydrogens (tertiary/aromatic N) is 3. The molecular formula is C25H27ClFN5O4. The van der Waals surface area contributed by atoms with Gasteiger partial charge in [-0.25, -0.2) is 9.37 Å². The van der Waals surface area contributed by atoms with Gasteiger partial charge in [-0.15, -0.1) is 0 Å². The number of aromatic nitrogens is 2. The minimum absolute atomic E-state index is 0.0784. The zero-order valence-corrected chi connectivity index (χ0v) is 20.5. The summed E-state index contributed by atoms with van der Waals surface area (Å²) >= 11 is 6.31. The minimum Gasteiger partial charge on any atom is -0.497 e. The number of rotatable bonds is 7. The fraction of sp³-hybridized carbons (Fsp3) is 0.400. The van der Waals surface area contributed by atoms with Crippen LogP contribution in [-0.4, -0.2) is 71.4 Å². The van der Waals surface area contributed by atoms with Gasteiger partial charge in [-0.1, -0.05) is 11.6 Å². The Morgan fingerprint density at radius 3 is 3.06 bits per heavy atom. The van der Waals surface area contributed by atoms with Gasteiger partial charge in [-0.3, -0.25) is 14.7 Å². The molecule has 0 saturated carbocycles. The predicted octanol–water partition coefficient (Wildman–Crippen LogP) is 2.86. The van der Waals surface area contributed by atoms with E-state index >= 15 is 4.39 Å². The van der Waals surface area contributed by atoms with Gasteiger partial charge in [-0.2, -0.15) is 0 Å². The maximum Gasteiger partial charge on any atom is 0.263 e. The number of anilines is 1. The molecule has 0 spiro atoms. The average Bonchev–Trinajstić information content (AvgIpc) is 2.87. The molecule has 2 aromatic heterocycles. The van der Waals surface area contributed by atoms with Crippen LogP contribution in [0.2, 0.25) is 5.02 Å². The number of halogens is 2. The summed E-state index contributed by atoms with van der Waals surface area (Å²) in [5.41, 5.74) is 2.00. The number of carbonyl (C=O) groups excluding carboxylic acids is 1. The fourth-order valence-corrected chi connectivity index (χ4v) is 4.85. The number of nitrogens with one attached hydrogen (secondary N) is 2. The van der Waals surface area contributed by atoms with Crippen molar-refractivity contribution >= 4 is 34.2 Å². The molecular weight excluding hydrogens is 489 g/mol. The second-order valence-corrected chi connectivity index (χ2v) is 9.36. The van der Waals surface area contributed by atoms with Gasteiger partial charge in [0.2, 0.25) is 0 Å². The van der Waals surface area contributed by atoms with Crippen LogP contribution in [0.25, 0.3) is 10.9 Å². The van der Waals surface area contributed by atoms with Gasteiger partial charge in [0.05, 0.1) is 29.4 Å². The van der Waals surface area contributed by atoms with E-state index in [-0.39, 0.29) is 31.6 Å². The van der Waals surface area contributed by atoms with E-state index in [1.165, 1.54) is 0 Å². The van der Waals surface area contributed by atoms with E-state index in [1.54, 1.807) is 25.4 Å². The number of carbonyl (C=O) groups is 1. The Kier molecular flexibility index (Phi) is 7.20. The number of β-amino-alcohol motifs (C(OH)–C–C–N with tert-alkyl or cyclic N) is 1. The predicted molar refractivity (Wildman–Crippen MR) is 133 cm³/mol. The van der Waals surface area contributed by atoms with Gasteiger partial charge in [0.1, 0.15) is 11.9 Å². The van der Waals surface area contributed by atoms with Crippen molar-refractivity contribution in [2.24, 2.45) is 0 Å². The van der Waals surface area contributed by atoms with Gasteiger partial charge in [0.15, 0.2) is 18.2 Å². The van der Waals surface area contributed by atoms with Crippen molar-refractivity contribution in [2.75, 3.05) is 38.7 Å². The lowest BCUT2D eigenvalue weighted by molar-refractivity contribution is -0.118. The summed E-state index contributed by atoms with van der Waals surface area (Å²) < 4.78 is 25.7. The van der Waals surface area contributed by atoms with Crippen LogP contribution in [0.4, 0.5) is 10.2 Å². The molecule has 1 aromatic carbocycles. The summed E-state index contributed by atoms with van der Waals surface area (Å²) in [6, 6.07) is 8.54. The number of likely N-dealkylation sites (tertiary alicyclic amines) is 1. The number of alkyl halides is 1. The topological polar surface area (TPSA) is 109 Å². The van der Waals surface area contributed by atoms with Crippen LogP contribution >= 0.6 is 11.6 Å². The van der Waals surface area contributed by atoms with Gasteiger partial charge < -0.3 is 25.2 Å². The molecule has 1 saturated heterocycles. The molecule has 11 heteroatoms. The van der Waals surface area contributed by atoms with Gasteiger partial charge in [-0.05, 0) is 42.8 Å². The molecule has 0 aliphatic carbocycles. The molecule has 0 bridgehead atoms. The Bertz CT molecular complexity index is 1280. The minimum atomic E-state index is -1.14. The summed E-state index contributed by atoms with van der Waals surface area (Å²) in [6.45, 7) is 1.29. The number of amides is 1. The Balaban J connectivity index is 1.19. The van der Waals surface area contributed by atoms with Crippen molar-refractivity contribution in [3.05, 3.63) is 52.8 Å². The van der Waals surface area contributed by atoms with Crippen molar-refractivity contribution in [2.45, 2.75) is 31.3 Å². The highest BCUT2D eigenvalue weighted by Gasteiger charge is 2.31. The Labute approximate surface area is 212 Å². The fourth-order valence-electron chi connectivity index (χ4n) is 4.64. The molecule has 4 heterocycles. The third kappa shape index (κ3) is 5.22. The lowest BCUT2D eigenvalue weighted by Gasteiger charge is -2.36. The summed E-state index contributed by atoms with van der Waals surface area (Å²) in [5.74, 6) is 1.13. The third-order valence-electron chi connectivity index (χ3n) is 6.56. The molecule has 2 aliphatic heterocycles. The summed E-state index contributed by atoms with van der Waals surface area (Å²) in [6.07, 6.45) is 0.287. The van der Waals surface area contributed by atoms with Crippen LogP contribution in [0.3, 0.4) is 0 Å². The molecule has 1 amide bonds. The van der Waals surface area contributed by atoms with Crippen molar-refractivity contribution in [3.63, 3.8) is 0 Å². The van der Waals surface area contributed by atoms with Crippen LogP contribution in [0.1, 0.15) is 23.8 Å². The van der Waals surface area contributed by atoms with E-state index in [2.05, 4.69) is 20.6 Å². The smallest absolute Gasteiger partial charge is 0.263 e. The summed E-state index contributed by atoms with van der Waals surface area (Å²) in [5, 5.41) is 18.0. The van der Waals surface area contributed by atoms with E-state index in [1.807, 2.05) is 23.1 Å². The second kappa shape index (κ2) is 10.5. The molecule has 3 aromatic rings. The Morgan fingerprint density at radius 1 is 1.39 bits per heavy atom. The molecule has 0 unspecified atom stereocenters. The average molecular weight is 516 g/mol. The number of hydrogen-bond donors (Lipinski definition) is 3. The number of fused-ring (bicyclic) bond motifs is 2. The Morgan fingerprint density at radius 2 is 2.25 bits per heavy atom. The van der Waals surface area contributed by atoms with E-state index in [0.717, 1.165) is 16.5 Å². The van der Waals surface area contributed by atoms with Gasteiger partial charge in [0, 0.05) is 43.3 Å². The first-order chi connectivity index (χ1) is 17.4. The maximum atomic E-state index is 15.1. The quantitative estimate of drug-likeness (QED) is 0.441. The normalized spacial score (nSPS) is 20.9. The van der Waals surface area contributed by atoms with Crippen LogP contribution in [-0.2, 0) is 11.3 Å². The van der Waals surface area contributed by atoms with Crippen LogP contribution in [0.5, 0.6) is 11.5 Å². The molecule has 5 rings (SSSR count). The lowest BCUT2D eigenvalue weighted by atomic mass is 10.00. The van der Waals surface area contributed by atoms with E-state index in [4.69, 9.17) is 21.1 Å². The number of benzene rings is 1. The highest BCUT2D eigenvalue weighted by atomic mass is 35.5. The van der Waals surface area contributed by atoms with E-state index < -0.39 is 12.3 Å². The first-order valence-corrected chi connectivity index (χ1v) is 12.1. The van der Waals surface area contributed by atoms with Crippen LogP contribution < -0.4 is 20.1 Å². The monoisotopic (exact) mass is 515 g/mol. The van der Waals surface area contributed by atoms with Crippen molar-refractivity contribution in [1.29, 1.82) is 0 Å². The summed E-state index contributed by atoms with van der Waals surface area (Å²) in [7, 11) is 1.59. The molecule has 2 aliphatic rings. The first-order valence-electron chi connectivity index (χ1n) is 11.7. The highest BCUT2D eigenvalue weighted by Crippen LogP contribution is 2.31. The molecule has 36 heavy (non-hydrogen) atoms. The molecule has 3 atom stereocenters. The zero-order chi connectivity index (χ0) is 25.2. The van der Waals surface area contributed by atoms with Crippen LogP contribution in [0.15, 0.2) is 36.5 Å². The number of methoxy groups -OCH3 is 1. The standard InChI is InChI=1S/C25H27ClFN5O4/c1-35-14-2-3-19-16(8-14)15(4-6-28-19)22(33)12-32-7-5-20(18(27)11-32)29-10-21-17(26)9-23-25(30-21)31-24(34)13-36-23/h2-4,6,8-9,18,20,22,29,33H,5,7,10-13H2,1H3,(H,30,31,34)/t18-,20+,22-/m0/s1. The largest absolute Gasteiger partial charge is 0.497 e.